The van der Waals surface area contributed by atoms with Crippen molar-refractivity contribution in [3.8, 4) is 22.8 Å². The van der Waals surface area contributed by atoms with E-state index in [9.17, 15) is 0 Å². The van der Waals surface area contributed by atoms with Crippen molar-refractivity contribution < 1.29 is 4.74 Å². The van der Waals surface area contributed by atoms with E-state index in [0.29, 0.717) is 16.7 Å². The van der Waals surface area contributed by atoms with Crippen molar-refractivity contribution in [3.05, 3.63) is 65.8 Å². The predicted octanol–water partition coefficient (Wildman–Crippen LogP) is 4.29. The van der Waals surface area contributed by atoms with Crippen molar-refractivity contribution in [2.75, 3.05) is 0 Å². The third-order valence-corrected chi connectivity index (χ3v) is 3.06. The van der Waals surface area contributed by atoms with E-state index in [4.69, 9.17) is 16.3 Å². The summed E-state index contributed by atoms with van der Waals surface area (Å²) < 4.78 is 5.89. The maximum atomic E-state index is 5.89. The van der Waals surface area contributed by atoms with Crippen LogP contribution in [0.3, 0.4) is 0 Å². The molecule has 0 bridgehead atoms. The van der Waals surface area contributed by atoms with Gasteiger partial charge in [-0.2, -0.15) is 0 Å². The summed E-state index contributed by atoms with van der Waals surface area (Å²) in [5.74, 6) is 1.27. The fourth-order valence-electron chi connectivity index (χ4n) is 1.91. The average molecular weight is 298 g/mol. The van der Waals surface area contributed by atoms with Gasteiger partial charge in [0.25, 0.3) is 0 Å². The lowest BCUT2D eigenvalue weighted by Crippen LogP contribution is -1.94. The molecule has 0 amide bonds. The molecule has 0 aromatic carbocycles. The van der Waals surface area contributed by atoms with Crippen LogP contribution < -0.4 is 4.74 Å². The molecule has 0 fully saturated rings. The summed E-state index contributed by atoms with van der Waals surface area (Å²) >= 11 is 5.88. The number of nitrogens with zero attached hydrogens (tertiary/aromatic N) is 3. The Kier molecular flexibility index (Phi) is 3.79. The van der Waals surface area contributed by atoms with Crippen LogP contribution in [0, 0.1) is 6.92 Å². The molecule has 104 valence electrons. The van der Waals surface area contributed by atoms with Crippen LogP contribution in [-0.2, 0) is 0 Å². The monoisotopic (exact) mass is 297 g/mol. The SMILES string of the molecule is Cc1ccc(Oc2ccnc(Cl)c2)c(-c2cccnc2)n1. The van der Waals surface area contributed by atoms with E-state index in [1.165, 1.54) is 0 Å². The number of rotatable bonds is 3. The van der Waals surface area contributed by atoms with Gasteiger partial charge in [0, 0.05) is 35.9 Å². The topological polar surface area (TPSA) is 47.9 Å². The second-order valence-electron chi connectivity index (χ2n) is 4.46. The molecule has 0 aliphatic heterocycles. The van der Waals surface area contributed by atoms with Gasteiger partial charge in [-0.3, -0.25) is 4.98 Å². The zero-order valence-electron chi connectivity index (χ0n) is 11.3. The number of hydrogen-bond donors (Lipinski definition) is 0. The number of ether oxygens (including phenoxy) is 1. The van der Waals surface area contributed by atoms with Gasteiger partial charge in [0.05, 0.1) is 0 Å². The summed E-state index contributed by atoms with van der Waals surface area (Å²) in [5, 5.41) is 0.385. The maximum Gasteiger partial charge on any atom is 0.153 e. The fraction of sp³-hybridized carbons (Fsp3) is 0.0625. The minimum absolute atomic E-state index is 0.385. The summed E-state index contributed by atoms with van der Waals surface area (Å²) in [7, 11) is 0. The normalized spacial score (nSPS) is 10.4. The van der Waals surface area contributed by atoms with Crippen molar-refractivity contribution in [1.82, 2.24) is 15.0 Å². The molecular formula is C16H12ClN3O. The highest BCUT2D eigenvalue weighted by molar-refractivity contribution is 6.29. The first-order valence-corrected chi connectivity index (χ1v) is 6.77. The molecule has 0 spiro atoms. The summed E-state index contributed by atoms with van der Waals surface area (Å²) in [6.07, 6.45) is 5.08. The Hall–Kier alpha value is -2.46. The number of halogens is 1. The Morgan fingerprint density at radius 3 is 2.76 bits per heavy atom. The molecular weight excluding hydrogens is 286 g/mol. The van der Waals surface area contributed by atoms with Gasteiger partial charge in [-0.05, 0) is 37.3 Å². The first-order valence-electron chi connectivity index (χ1n) is 6.40. The Labute approximate surface area is 127 Å². The van der Waals surface area contributed by atoms with Crippen molar-refractivity contribution >= 4 is 11.6 Å². The van der Waals surface area contributed by atoms with Crippen LogP contribution in [0.2, 0.25) is 5.15 Å². The van der Waals surface area contributed by atoms with Gasteiger partial charge in [0.15, 0.2) is 5.75 Å². The Balaban J connectivity index is 2.03. The highest BCUT2D eigenvalue weighted by atomic mass is 35.5. The van der Waals surface area contributed by atoms with Gasteiger partial charge in [0.1, 0.15) is 16.6 Å². The average Bonchev–Trinajstić information content (AvgIpc) is 2.50. The van der Waals surface area contributed by atoms with E-state index in [2.05, 4.69) is 15.0 Å². The summed E-state index contributed by atoms with van der Waals surface area (Å²) in [6, 6.07) is 11.0. The molecule has 0 N–H and O–H groups in total. The molecule has 0 unspecified atom stereocenters. The summed E-state index contributed by atoms with van der Waals surface area (Å²) in [6.45, 7) is 1.94. The number of aromatic nitrogens is 3. The molecule has 3 rings (SSSR count). The zero-order valence-corrected chi connectivity index (χ0v) is 12.1. The second-order valence-corrected chi connectivity index (χ2v) is 4.84. The minimum atomic E-state index is 0.385. The first kappa shape index (κ1) is 13.5. The number of aryl methyl sites for hydroxylation is 1. The van der Waals surface area contributed by atoms with Crippen molar-refractivity contribution in [2.45, 2.75) is 6.92 Å². The molecule has 0 saturated carbocycles. The number of hydrogen-bond acceptors (Lipinski definition) is 4. The standard InChI is InChI=1S/C16H12ClN3O/c1-11-4-5-14(21-13-6-8-19-15(17)9-13)16(20-11)12-3-2-7-18-10-12/h2-10H,1H3. The quantitative estimate of drug-likeness (QED) is 0.677. The van der Waals surface area contributed by atoms with Crippen LogP contribution in [0.15, 0.2) is 55.0 Å². The van der Waals surface area contributed by atoms with Gasteiger partial charge >= 0.3 is 0 Å². The summed E-state index contributed by atoms with van der Waals surface area (Å²) in [5.41, 5.74) is 2.56. The lowest BCUT2D eigenvalue weighted by atomic mass is 10.1. The summed E-state index contributed by atoms with van der Waals surface area (Å²) in [4.78, 5) is 12.6. The van der Waals surface area contributed by atoms with Gasteiger partial charge in [0.2, 0.25) is 0 Å². The molecule has 4 nitrogen and oxygen atoms in total. The molecule has 0 aliphatic carbocycles. The first-order chi connectivity index (χ1) is 10.2. The number of pyridine rings is 3. The molecule has 0 radical (unpaired) electrons. The minimum Gasteiger partial charge on any atom is -0.455 e. The highest BCUT2D eigenvalue weighted by Crippen LogP contribution is 2.32. The van der Waals surface area contributed by atoms with Crippen LogP contribution in [0.4, 0.5) is 0 Å². The van der Waals surface area contributed by atoms with E-state index in [1.54, 1.807) is 30.7 Å². The van der Waals surface area contributed by atoms with Crippen LogP contribution in [0.25, 0.3) is 11.3 Å². The van der Waals surface area contributed by atoms with Crippen molar-refractivity contribution in [3.63, 3.8) is 0 Å². The van der Waals surface area contributed by atoms with E-state index >= 15 is 0 Å². The Morgan fingerprint density at radius 1 is 1.10 bits per heavy atom. The largest absolute Gasteiger partial charge is 0.455 e. The maximum absolute atomic E-state index is 5.89. The molecule has 0 aliphatic rings. The molecule has 0 saturated heterocycles. The lowest BCUT2D eigenvalue weighted by molar-refractivity contribution is 0.481. The van der Waals surface area contributed by atoms with Gasteiger partial charge < -0.3 is 4.74 Å². The van der Waals surface area contributed by atoms with Gasteiger partial charge in [-0.15, -0.1) is 0 Å². The molecule has 5 heteroatoms. The highest BCUT2D eigenvalue weighted by Gasteiger charge is 2.10. The van der Waals surface area contributed by atoms with Crippen LogP contribution >= 0.6 is 11.6 Å². The van der Waals surface area contributed by atoms with E-state index in [0.717, 1.165) is 17.0 Å². The van der Waals surface area contributed by atoms with Gasteiger partial charge in [-0.1, -0.05) is 11.6 Å². The second kappa shape index (κ2) is 5.89. The Morgan fingerprint density at radius 2 is 2.00 bits per heavy atom. The molecule has 3 aromatic rings. The molecule has 3 aromatic heterocycles. The van der Waals surface area contributed by atoms with Crippen molar-refractivity contribution in [2.24, 2.45) is 0 Å². The molecule has 0 atom stereocenters. The lowest BCUT2D eigenvalue weighted by Gasteiger charge is -2.11. The third kappa shape index (κ3) is 3.17. The fourth-order valence-corrected chi connectivity index (χ4v) is 2.07. The van der Waals surface area contributed by atoms with E-state index in [1.807, 2.05) is 31.2 Å². The smallest absolute Gasteiger partial charge is 0.153 e. The van der Waals surface area contributed by atoms with E-state index < -0.39 is 0 Å². The predicted molar refractivity (Wildman–Crippen MR) is 81.5 cm³/mol. The van der Waals surface area contributed by atoms with E-state index in [-0.39, 0.29) is 0 Å². The Bertz CT molecular complexity index is 762. The zero-order chi connectivity index (χ0) is 14.7. The van der Waals surface area contributed by atoms with Crippen molar-refractivity contribution in [1.29, 1.82) is 0 Å². The van der Waals surface area contributed by atoms with Gasteiger partial charge in [-0.25, -0.2) is 9.97 Å². The van der Waals surface area contributed by atoms with Crippen LogP contribution in [0.5, 0.6) is 11.5 Å². The molecule has 21 heavy (non-hydrogen) atoms. The third-order valence-electron chi connectivity index (χ3n) is 2.86. The van der Waals surface area contributed by atoms with Crippen LogP contribution in [-0.4, -0.2) is 15.0 Å². The van der Waals surface area contributed by atoms with Crippen LogP contribution in [0.1, 0.15) is 5.69 Å². The molecule has 3 heterocycles.